The topological polar surface area (TPSA) is 44.8 Å². The van der Waals surface area contributed by atoms with Gasteiger partial charge < -0.3 is 14.2 Å². The van der Waals surface area contributed by atoms with Gasteiger partial charge in [-0.15, -0.1) is 0 Å². The van der Waals surface area contributed by atoms with Crippen LogP contribution in [0.2, 0.25) is 0 Å². The van der Waals surface area contributed by atoms with Gasteiger partial charge in [-0.2, -0.15) is 0 Å². The maximum absolute atomic E-state index is 12.0. The van der Waals surface area contributed by atoms with Gasteiger partial charge in [-0.25, -0.2) is 4.79 Å². The lowest BCUT2D eigenvalue weighted by atomic mass is 10.1. The molecular formula is C19H22O4. The maximum Gasteiger partial charge on any atom is 0.514 e. The summed E-state index contributed by atoms with van der Waals surface area (Å²) in [5.74, 6) is 0.461. The van der Waals surface area contributed by atoms with E-state index in [1.54, 1.807) is 24.3 Å². The monoisotopic (exact) mass is 314 g/mol. The number of carbonyl (C=O) groups excluding carboxylic acids is 1. The first-order chi connectivity index (χ1) is 11.1. The molecule has 0 aliphatic carbocycles. The molecule has 0 spiro atoms. The molecule has 1 atom stereocenters. The highest BCUT2D eigenvalue weighted by Crippen LogP contribution is 2.22. The quantitative estimate of drug-likeness (QED) is 0.546. The van der Waals surface area contributed by atoms with E-state index in [0.29, 0.717) is 18.8 Å². The van der Waals surface area contributed by atoms with Crippen LogP contribution in [-0.4, -0.2) is 18.9 Å². The van der Waals surface area contributed by atoms with Crippen LogP contribution in [0.5, 0.6) is 5.75 Å². The van der Waals surface area contributed by atoms with E-state index in [1.165, 1.54) is 0 Å². The van der Waals surface area contributed by atoms with Gasteiger partial charge in [-0.3, -0.25) is 0 Å². The van der Waals surface area contributed by atoms with Gasteiger partial charge in [-0.05, 0) is 31.5 Å². The van der Waals surface area contributed by atoms with E-state index >= 15 is 0 Å². The molecule has 0 saturated heterocycles. The summed E-state index contributed by atoms with van der Waals surface area (Å²) < 4.78 is 16.2. The standard InChI is InChI=1S/C19H22O4/c1-15(2)21-14-13-18(16-9-5-3-6-10-16)23-19(20)22-17-11-7-4-8-12-17/h3-12,15,18H,13-14H2,1-2H3. The van der Waals surface area contributed by atoms with Crippen molar-refractivity contribution in [3.63, 3.8) is 0 Å². The molecule has 0 aromatic heterocycles. The van der Waals surface area contributed by atoms with E-state index in [2.05, 4.69) is 0 Å². The van der Waals surface area contributed by atoms with Crippen LogP contribution >= 0.6 is 0 Å². The van der Waals surface area contributed by atoms with E-state index in [4.69, 9.17) is 14.2 Å². The molecule has 0 saturated carbocycles. The highest BCUT2D eigenvalue weighted by molar-refractivity contribution is 5.64. The van der Waals surface area contributed by atoms with Crippen LogP contribution in [0, 0.1) is 0 Å². The lowest BCUT2D eigenvalue weighted by molar-refractivity contribution is 0.0199. The third kappa shape index (κ3) is 6.12. The third-order valence-corrected chi connectivity index (χ3v) is 3.19. The zero-order valence-corrected chi connectivity index (χ0v) is 13.5. The Kier molecular flexibility index (Phi) is 6.63. The molecule has 2 aromatic carbocycles. The lowest BCUT2D eigenvalue weighted by Crippen LogP contribution is -2.17. The van der Waals surface area contributed by atoms with Crippen LogP contribution in [0.4, 0.5) is 4.79 Å². The van der Waals surface area contributed by atoms with Gasteiger partial charge in [0.1, 0.15) is 11.9 Å². The van der Waals surface area contributed by atoms with Crippen molar-refractivity contribution in [2.45, 2.75) is 32.5 Å². The smallest absolute Gasteiger partial charge is 0.426 e. The zero-order valence-electron chi connectivity index (χ0n) is 13.5. The number of ether oxygens (including phenoxy) is 3. The van der Waals surface area contributed by atoms with Crippen LogP contribution in [0.15, 0.2) is 60.7 Å². The largest absolute Gasteiger partial charge is 0.514 e. The van der Waals surface area contributed by atoms with E-state index in [9.17, 15) is 4.79 Å². The summed E-state index contributed by atoms with van der Waals surface area (Å²) in [7, 11) is 0. The van der Waals surface area contributed by atoms with Gasteiger partial charge in [0.25, 0.3) is 0 Å². The van der Waals surface area contributed by atoms with E-state index in [0.717, 1.165) is 5.56 Å². The Hall–Kier alpha value is -2.33. The molecule has 0 N–H and O–H groups in total. The SMILES string of the molecule is CC(C)OCCC(OC(=O)Oc1ccccc1)c1ccccc1. The number of hydrogen-bond acceptors (Lipinski definition) is 4. The molecule has 122 valence electrons. The van der Waals surface area contributed by atoms with Crippen LogP contribution in [0.1, 0.15) is 31.9 Å². The first-order valence-electron chi connectivity index (χ1n) is 7.75. The zero-order chi connectivity index (χ0) is 16.5. The Balaban J connectivity index is 1.97. The van der Waals surface area contributed by atoms with Gasteiger partial charge >= 0.3 is 6.16 Å². The molecule has 0 aliphatic heterocycles. The predicted octanol–water partition coefficient (Wildman–Crippen LogP) is 4.76. The number of rotatable bonds is 7. The van der Waals surface area contributed by atoms with Gasteiger partial charge in [0.2, 0.25) is 0 Å². The summed E-state index contributed by atoms with van der Waals surface area (Å²) in [6.45, 7) is 4.46. The average molecular weight is 314 g/mol. The second-order valence-corrected chi connectivity index (χ2v) is 5.39. The Labute approximate surface area is 137 Å². The summed E-state index contributed by atoms with van der Waals surface area (Å²) in [5, 5.41) is 0. The molecular weight excluding hydrogens is 292 g/mol. The minimum absolute atomic E-state index is 0.141. The van der Waals surface area contributed by atoms with Gasteiger partial charge in [0.05, 0.1) is 12.7 Å². The first kappa shape index (κ1) is 17.0. The van der Waals surface area contributed by atoms with E-state index in [-0.39, 0.29) is 6.10 Å². The Morgan fingerprint density at radius 2 is 1.57 bits per heavy atom. The minimum atomic E-state index is -0.713. The Morgan fingerprint density at radius 1 is 0.957 bits per heavy atom. The number of hydrogen-bond donors (Lipinski definition) is 0. The van der Waals surface area contributed by atoms with Gasteiger partial charge in [0, 0.05) is 6.42 Å². The van der Waals surface area contributed by atoms with Crippen LogP contribution in [0.3, 0.4) is 0 Å². The summed E-state index contributed by atoms with van der Waals surface area (Å²) in [5.41, 5.74) is 0.921. The maximum atomic E-state index is 12.0. The molecule has 0 fully saturated rings. The fraction of sp³-hybridized carbons (Fsp3) is 0.316. The number of carbonyl (C=O) groups is 1. The molecule has 4 nitrogen and oxygen atoms in total. The van der Waals surface area contributed by atoms with Crippen molar-refractivity contribution >= 4 is 6.16 Å². The lowest BCUT2D eigenvalue weighted by Gasteiger charge is -2.18. The second kappa shape index (κ2) is 8.96. The van der Waals surface area contributed by atoms with Crippen LogP contribution in [-0.2, 0) is 9.47 Å². The number of benzene rings is 2. The van der Waals surface area contributed by atoms with Gasteiger partial charge in [0.15, 0.2) is 0 Å². The molecule has 0 amide bonds. The molecule has 0 radical (unpaired) electrons. The Bertz CT molecular complexity index is 581. The summed E-state index contributed by atoms with van der Waals surface area (Å²) in [4.78, 5) is 12.0. The van der Waals surface area contributed by atoms with E-state index in [1.807, 2.05) is 50.2 Å². The molecule has 2 rings (SSSR count). The van der Waals surface area contributed by atoms with Crippen LogP contribution < -0.4 is 4.74 Å². The average Bonchev–Trinajstić information content (AvgIpc) is 2.55. The third-order valence-electron chi connectivity index (χ3n) is 3.19. The predicted molar refractivity (Wildman–Crippen MR) is 88.4 cm³/mol. The molecule has 23 heavy (non-hydrogen) atoms. The molecule has 0 aliphatic rings. The summed E-state index contributed by atoms with van der Waals surface area (Å²) in [6.07, 6.45) is -0.394. The Morgan fingerprint density at radius 3 is 2.17 bits per heavy atom. The van der Waals surface area contributed by atoms with Gasteiger partial charge in [-0.1, -0.05) is 48.5 Å². The fourth-order valence-electron chi connectivity index (χ4n) is 2.10. The molecule has 0 bridgehead atoms. The van der Waals surface area contributed by atoms with E-state index < -0.39 is 12.3 Å². The molecule has 2 aromatic rings. The van der Waals surface area contributed by atoms with Crippen molar-refractivity contribution in [1.82, 2.24) is 0 Å². The highest BCUT2D eigenvalue weighted by Gasteiger charge is 2.18. The van der Waals surface area contributed by atoms with Crippen molar-refractivity contribution in [2.24, 2.45) is 0 Å². The van der Waals surface area contributed by atoms with Crippen molar-refractivity contribution in [3.05, 3.63) is 66.2 Å². The minimum Gasteiger partial charge on any atom is -0.426 e. The first-order valence-corrected chi connectivity index (χ1v) is 7.75. The fourth-order valence-corrected chi connectivity index (χ4v) is 2.10. The molecule has 0 heterocycles. The summed E-state index contributed by atoms with van der Waals surface area (Å²) in [6, 6.07) is 18.5. The number of para-hydroxylation sites is 1. The summed E-state index contributed by atoms with van der Waals surface area (Å²) >= 11 is 0. The van der Waals surface area contributed by atoms with Crippen molar-refractivity contribution < 1.29 is 19.0 Å². The van der Waals surface area contributed by atoms with Crippen LogP contribution in [0.25, 0.3) is 0 Å². The second-order valence-electron chi connectivity index (χ2n) is 5.39. The van der Waals surface area contributed by atoms with Crippen molar-refractivity contribution in [1.29, 1.82) is 0 Å². The molecule has 4 heteroatoms. The van der Waals surface area contributed by atoms with Crippen molar-refractivity contribution in [3.8, 4) is 5.75 Å². The molecule has 1 unspecified atom stereocenters. The van der Waals surface area contributed by atoms with Crippen molar-refractivity contribution in [2.75, 3.05) is 6.61 Å². The highest BCUT2D eigenvalue weighted by atomic mass is 16.7. The normalized spacial score (nSPS) is 12.0.